The van der Waals surface area contributed by atoms with E-state index in [2.05, 4.69) is 5.32 Å². The van der Waals surface area contributed by atoms with E-state index >= 15 is 0 Å². The van der Waals surface area contributed by atoms with Gasteiger partial charge in [-0.1, -0.05) is 0 Å². The number of hydrogen-bond donors (Lipinski definition) is 2. The summed E-state index contributed by atoms with van der Waals surface area (Å²) in [6.07, 6.45) is 0.0442. The van der Waals surface area contributed by atoms with Crippen LogP contribution in [-0.4, -0.2) is 31.8 Å². The van der Waals surface area contributed by atoms with Crippen LogP contribution < -0.4 is 15.8 Å². The van der Waals surface area contributed by atoms with Crippen LogP contribution in [0.5, 0.6) is 5.75 Å². The highest BCUT2D eigenvalue weighted by Crippen LogP contribution is 2.15. The predicted molar refractivity (Wildman–Crippen MR) is 78.0 cm³/mol. The lowest BCUT2D eigenvalue weighted by molar-refractivity contribution is -0.121. The van der Waals surface area contributed by atoms with Crippen LogP contribution in [0, 0.1) is 0 Å². The Balaban J connectivity index is 0.00000324. The highest BCUT2D eigenvalue weighted by atomic mass is 35.5. The normalized spacial score (nSPS) is 9.89. The molecule has 0 radical (unpaired) electrons. The number of amides is 1. The number of hydrogen-bond acceptors (Lipinski definition) is 4. The summed E-state index contributed by atoms with van der Waals surface area (Å²) in [5.74, 6) is 0.566. The fourth-order valence-electron chi connectivity index (χ4n) is 1.25. The Morgan fingerprint density at radius 1 is 1.32 bits per heavy atom. The largest absolute Gasteiger partial charge is 0.492 e. The van der Waals surface area contributed by atoms with E-state index in [1.807, 2.05) is 13.8 Å². The first-order valence-electron chi connectivity index (χ1n) is 5.96. The van der Waals surface area contributed by atoms with Gasteiger partial charge in [0, 0.05) is 12.2 Å². The standard InChI is InChI=1S/C13H20N2O3.ClH/c1-10(2)18-9-13(16)15-11-3-5-12(6-4-11)17-8-7-14;/h3-6,10H,7-9,14H2,1-2H3,(H,15,16);1H. The van der Waals surface area contributed by atoms with E-state index in [0.29, 0.717) is 18.8 Å². The van der Waals surface area contributed by atoms with Crippen molar-refractivity contribution in [3.8, 4) is 5.75 Å². The number of ether oxygens (including phenoxy) is 2. The van der Waals surface area contributed by atoms with Crippen molar-refractivity contribution in [2.24, 2.45) is 5.73 Å². The smallest absolute Gasteiger partial charge is 0.250 e. The predicted octanol–water partition coefficient (Wildman–Crippen LogP) is 1.81. The second kappa shape index (κ2) is 9.61. The van der Waals surface area contributed by atoms with Gasteiger partial charge in [-0.2, -0.15) is 0 Å². The van der Waals surface area contributed by atoms with Crippen molar-refractivity contribution in [2.45, 2.75) is 20.0 Å². The highest BCUT2D eigenvalue weighted by Gasteiger charge is 2.04. The second-order valence-electron chi connectivity index (χ2n) is 4.07. The van der Waals surface area contributed by atoms with Crippen LogP contribution in [0.15, 0.2) is 24.3 Å². The van der Waals surface area contributed by atoms with Crippen LogP contribution in [0.25, 0.3) is 0 Å². The SMILES string of the molecule is CC(C)OCC(=O)Nc1ccc(OCCN)cc1.Cl. The quantitative estimate of drug-likeness (QED) is 0.802. The third-order valence-corrected chi connectivity index (χ3v) is 2.07. The number of halogens is 1. The van der Waals surface area contributed by atoms with Crippen molar-refractivity contribution in [3.63, 3.8) is 0 Å². The van der Waals surface area contributed by atoms with Gasteiger partial charge in [0.1, 0.15) is 19.0 Å². The Hall–Kier alpha value is -1.30. The fraction of sp³-hybridized carbons (Fsp3) is 0.462. The van der Waals surface area contributed by atoms with Gasteiger partial charge in [-0.05, 0) is 38.1 Å². The van der Waals surface area contributed by atoms with E-state index in [1.54, 1.807) is 24.3 Å². The zero-order chi connectivity index (χ0) is 13.4. The molecule has 0 aliphatic heterocycles. The van der Waals surface area contributed by atoms with Crippen LogP contribution in [0.1, 0.15) is 13.8 Å². The number of carbonyl (C=O) groups is 1. The summed E-state index contributed by atoms with van der Waals surface area (Å²) in [6.45, 7) is 4.79. The molecule has 0 heterocycles. The maximum Gasteiger partial charge on any atom is 0.250 e. The van der Waals surface area contributed by atoms with Gasteiger partial charge in [0.15, 0.2) is 0 Å². The molecule has 0 bridgehead atoms. The summed E-state index contributed by atoms with van der Waals surface area (Å²) in [5, 5.41) is 2.74. The lowest BCUT2D eigenvalue weighted by atomic mass is 10.3. The summed E-state index contributed by atoms with van der Waals surface area (Å²) in [6, 6.07) is 7.13. The van der Waals surface area contributed by atoms with Gasteiger partial charge in [-0.15, -0.1) is 12.4 Å². The van der Waals surface area contributed by atoms with Gasteiger partial charge in [-0.25, -0.2) is 0 Å². The molecule has 0 atom stereocenters. The molecule has 0 aromatic heterocycles. The number of nitrogens with one attached hydrogen (secondary N) is 1. The van der Waals surface area contributed by atoms with Crippen LogP contribution in [0.3, 0.4) is 0 Å². The van der Waals surface area contributed by atoms with Gasteiger partial charge in [0.25, 0.3) is 0 Å². The van der Waals surface area contributed by atoms with E-state index in [9.17, 15) is 4.79 Å². The molecule has 1 aromatic carbocycles. The molecular formula is C13H21ClN2O3. The molecule has 1 amide bonds. The molecule has 5 nitrogen and oxygen atoms in total. The molecule has 0 fully saturated rings. The van der Waals surface area contributed by atoms with Crippen LogP contribution in [-0.2, 0) is 9.53 Å². The van der Waals surface area contributed by atoms with E-state index in [-0.39, 0.29) is 31.0 Å². The van der Waals surface area contributed by atoms with Crippen molar-refractivity contribution in [2.75, 3.05) is 25.1 Å². The van der Waals surface area contributed by atoms with Crippen LogP contribution in [0.4, 0.5) is 5.69 Å². The van der Waals surface area contributed by atoms with Crippen LogP contribution in [0.2, 0.25) is 0 Å². The number of nitrogens with two attached hydrogens (primary N) is 1. The summed E-state index contributed by atoms with van der Waals surface area (Å²) in [5.41, 5.74) is 6.05. The summed E-state index contributed by atoms with van der Waals surface area (Å²) in [7, 11) is 0. The maximum atomic E-state index is 11.5. The minimum atomic E-state index is -0.167. The molecule has 6 heteroatoms. The van der Waals surface area contributed by atoms with Crippen molar-refractivity contribution >= 4 is 24.0 Å². The third-order valence-electron chi connectivity index (χ3n) is 2.07. The van der Waals surface area contributed by atoms with E-state index < -0.39 is 0 Å². The van der Waals surface area contributed by atoms with Gasteiger partial charge in [0.05, 0.1) is 6.10 Å². The first kappa shape index (κ1) is 17.7. The molecule has 1 aromatic rings. The number of benzene rings is 1. The molecule has 0 saturated carbocycles. The molecule has 0 aliphatic rings. The van der Waals surface area contributed by atoms with Gasteiger partial charge < -0.3 is 20.5 Å². The Bertz CT molecular complexity index is 369. The van der Waals surface area contributed by atoms with E-state index in [1.165, 1.54) is 0 Å². The minimum Gasteiger partial charge on any atom is -0.492 e. The monoisotopic (exact) mass is 288 g/mol. The van der Waals surface area contributed by atoms with Crippen molar-refractivity contribution in [1.82, 2.24) is 0 Å². The molecule has 1 rings (SSSR count). The van der Waals surface area contributed by atoms with Crippen molar-refractivity contribution in [3.05, 3.63) is 24.3 Å². The lowest BCUT2D eigenvalue weighted by Crippen LogP contribution is -2.20. The first-order chi connectivity index (χ1) is 8.61. The Morgan fingerprint density at radius 2 is 1.95 bits per heavy atom. The van der Waals surface area contributed by atoms with E-state index in [0.717, 1.165) is 5.75 Å². The number of anilines is 1. The lowest BCUT2D eigenvalue weighted by Gasteiger charge is -2.09. The Morgan fingerprint density at radius 3 is 2.47 bits per heavy atom. The summed E-state index contributed by atoms with van der Waals surface area (Å²) >= 11 is 0. The van der Waals surface area contributed by atoms with Gasteiger partial charge >= 0.3 is 0 Å². The Labute approximate surface area is 119 Å². The average Bonchev–Trinajstić information content (AvgIpc) is 2.35. The average molecular weight is 289 g/mol. The van der Waals surface area contributed by atoms with Crippen molar-refractivity contribution < 1.29 is 14.3 Å². The first-order valence-corrected chi connectivity index (χ1v) is 5.96. The zero-order valence-corrected chi connectivity index (χ0v) is 12.0. The fourth-order valence-corrected chi connectivity index (χ4v) is 1.25. The Kier molecular flexibility index (Phi) is 8.95. The second-order valence-corrected chi connectivity index (χ2v) is 4.07. The molecule has 0 saturated heterocycles. The van der Waals surface area contributed by atoms with Crippen LogP contribution >= 0.6 is 12.4 Å². The van der Waals surface area contributed by atoms with Gasteiger partial charge in [-0.3, -0.25) is 4.79 Å². The molecular weight excluding hydrogens is 268 g/mol. The molecule has 108 valence electrons. The summed E-state index contributed by atoms with van der Waals surface area (Å²) in [4.78, 5) is 11.5. The maximum absolute atomic E-state index is 11.5. The zero-order valence-electron chi connectivity index (χ0n) is 11.2. The molecule has 0 spiro atoms. The summed E-state index contributed by atoms with van der Waals surface area (Å²) < 4.78 is 10.5. The number of rotatable bonds is 7. The molecule has 0 aliphatic carbocycles. The highest BCUT2D eigenvalue weighted by molar-refractivity contribution is 5.91. The van der Waals surface area contributed by atoms with E-state index in [4.69, 9.17) is 15.2 Å². The number of carbonyl (C=O) groups excluding carboxylic acids is 1. The molecule has 3 N–H and O–H groups in total. The van der Waals surface area contributed by atoms with Crippen molar-refractivity contribution in [1.29, 1.82) is 0 Å². The molecule has 0 unspecified atom stereocenters. The van der Waals surface area contributed by atoms with Gasteiger partial charge in [0.2, 0.25) is 5.91 Å². The molecule has 19 heavy (non-hydrogen) atoms. The topological polar surface area (TPSA) is 73.6 Å². The minimum absolute atomic E-state index is 0. The third kappa shape index (κ3) is 7.66.